The van der Waals surface area contributed by atoms with Crippen molar-refractivity contribution in [3.8, 4) is 11.5 Å². The maximum atomic E-state index is 12.0. The summed E-state index contributed by atoms with van der Waals surface area (Å²) in [5, 5.41) is 5.29. The van der Waals surface area contributed by atoms with Crippen LogP contribution in [0, 0.1) is 0 Å². The zero-order chi connectivity index (χ0) is 17.2. The van der Waals surface area contributed by atoms with Crippen LogP contribution in [0.15, 0.2) is 54.6 Å². The Morgan fingerprint density at radius 2 is 1.67 bits per heavy atom. The molecule has 2 rings (SSSR count). The molecule has 6 nitrogen and oxygen atoms in total. The van der Waals surface area contributed by atoms with Gasteiger partial charge in [-0.15, -0.1) is 0 Å². The van der Waals surface area contributed by atoms with Crippen molar-refractivity contribution >= 4 is 17.5 Å². The SMILES string of the molecule is COCCNC(=O)CC(=O)Nc1ccccc1Oc1ccccc1. The Labute approximate surface area is 140 Å². The highest BCUT2D eigenvalue weighted by molar-refractivity contribution is 6.04. The van der Waals surface area contributed by atoms with Crippen LogP contribution in [0.25, 0.3) is 0 Å². The quantitative estimate of drug-likeness (QED) is 0.577. The van der Waals surface area contributed by atoms with Gasteiger partial charge in [-0.2, -0.15) is 0 Å². The van der Waals surface area contributed by atoms with Gasteiger partial charge in [0, 0.05) is 13.7 Å². The molecule has 6 heteroatoms. The molecular weight excluding hydrogens is 308 g/mol. The molecule has 24 heavy (non-hydrogen) atoms. The number of ether oxygens (including phenoxy) is 2. The minimum atomic E-state index is -0.408. The molecule has 0 radical (unpaired) electrons. The van der Waals surface area contributed by atoms with Crippen molar-refractivity contribution in [2.24, 2.45) is 0 Å². The van der Waals surface area contributed by atoms with Crippen LogP contribution >= 0.6 is 0 Å². The van der Waals surface area contributed by atoms with Gasteiger partial charge in [0.25, 0.3) is 0 Å². The fraction of sp³-hybridized carbons (Fsp3) is 0.222. The number of benzene rings is 2. The standard InChI is InChI=1S/C18H20N2O4/c1-23-12-11-19-17(21)13-18(22)20-15-9-5-6-10-16(15)24-14-7-3-2-4-8-14/h2-10H,11-13H2,1H3,(H,19,21)(H,20,22). The molecule has 0 heterocycles. The summed E-state index contributed by atoms with van der Waals surface area (Å²) in [5.74, 6) is 0.411. The van der Waals surface area contributed by atoms with E-state index in [0.717, 1.165) is 0 Å². The fourth-order valence-electron chi connectivity index (χ4n) is 1.97. The lowest BCUT2D eigenvalue weighted by molar-refractivity contribution is -0.126. The van der Waals surface area contributed by atoms with Crippen molar-refractivity contribution in [3.05, 3.63) is 54.6 Å². The molecule has 0 aromatic heterocycles. The zero-order valence-electron chi connectivity index (χ0n) is 13.5. The van der Waals surface area contributed by atoms with Gasteiger partial charge in [0.2, 0.25) is 11.8 Å². The van der Waals surface area contributed by atoms with Crippen molar-refractivity contribution in [2.75, 3.05) is 25.6 Å². The molecule has 0 unspecified atom stereocenters. The molecule has 0 saturated carbocycles. The molecule has 0 atom stereocenters. The lowest BCUT2D eigenvalue weighted by Crippen LogP contribution is -2.30. The van der Waals surface area contributed by atoms with Gasteiger partial charge in [0.15, 0.2) is 5.75 Å². The van der Waals surface area contributed by atoms with Crippen LogP contribution in [0.4, 0.5) is 5.69 Å². The van der Waals surface area contributed by atoms with E-state index in [9.17, 15) is 9.59 Å². The molecule has 2 N–H and O–H groups in total. The van der Waals surface area contributed by atoms with E-state index >= 15 is 0 Å². The second-order valence-corrected chi connectivity index (χ2v) is 4.98. The predicted octanol–water partition coefficient (Wildman–Crippen LogP) is 2.57. The van der Waals surface area contributed by atoms with Crippen molar-refractivity contribution in [1.29, 1.82) is 0 Å². The Morgan fingerprint density at radius 3 is 2.42 bits per heavy atom. The summed E-state index contributed by atoms with van der Waals surface area (Å²) in [7, 11) is 1.54. The second-order valence-electron chi connectivity index (χ2n) is 4.98. The van der Waals surface area contributed by atoms with Gasteiger partial charge in [-0.25, -0.2) is 0 Å². The number of para-hydroxylation sites is 3. The molecule has 0 aliphatic carbocycles. The van der Waals surface area contributed by atoms with E-state index in [1.165, 1.54) is 0 Å². The van der Waals surface area contributed by atoms with E-state index in [2.05, 4.69) is 10.6 Å². The number of nitrogens with one attached hydrogen (secondary N) is 2. The van der Waals surface area contributed by atoms with E-state index in [1.807, 2.05) is 36.4 Å². The smallest absolute Gasteiger partial charge is 0.233 e. The van der Waals surface area contributed by atoms with Crippen molar-refractivity contribution < 1.29 is 19.1 Å². The van der Waals surface area contributed by atoms with E-state index in [-0.39, 0.29) is 12.3 Å². The van der Waals surface area contributed by atoms with E-state index in [1.54, 1.807) is 25.3 Å². The minimum Gasteiger partial charge on any atom is -0.455 e. The maximum absolute atomic E-state index is 12.0. The highest BCUT2D eigenvalue weighted by Crippen LogP contribution is 2.29. The van der Waals surface area contributed by atoms with Crippen molar-refractivity contribution in [1.82, 2.24) is 5.32 Å². The molecule has 2 aromatic rings. The van der Waals surface area contributed by atoms with E-state index < -0.39 is 5.91 Å². The van der Waals surface area contributed by atoms with Crippen LogP contribution in [0.5, 0.6) is 11.5 Å². The second kappa shape index (κ2) is 9.32. The number of methoxy groups -OCH3 is 1. The monoisotopic (exact) mass is 328 g/mol. The lowest BCUT2D eigenvalue weighted by atomic mass is 10.2. The molecule has 0 spiro atoms. The first-order chi connectivity index (χ1) is 11.7. The predicted molar refractivity (Wildman–Crippen MR) is 91.1 cm³/mol. The number of carbonyl (C=O) groups excluding carboxylic acids is 2. The van der Waals surface area contributed by atoms with Crippen LogP contribution in [0.3, 0.4) is 0 Å². The van der Waals surface area contributed by atoms with Crippen LogP contribution in [-0.4, -0.2) is 32.1 Å². The molecule has 0 aliphatic rings. The number of hydrogen-bond donors (Lipinski definition) is 2. The molecular formula is C18H20N2O4. The van der Waals surface area contributed by atoms with E-state index in [0.29, 0.717) is 30.3 Å². The van der Waals surface area contributed by atoms with Gasteiger partial charge in [0.05, 0.1) is 12.3 Å². The van der Waals surface area contributed by atoms with Gasteiger partial charge >= 0.3 is 0 Å². The van der Waals surface area contributed by atoms with Gasteiger partial charge in [-0.1, -0.05) is 30.3 Å². The Balaban J connectivity index is 1.94. The molecule has 126 valence electrons. The number of amides is 2. The number of carbonyl (C=O) groups is 2. The van der Waals surface area contributed by atoms with Gasteiger partial charge in [0.1, 0.15) is 12.2 Å². The molecule has 2 aromatic carbocycles. The first-order valence-electron chi connectivity index (χ1n) is 7.56. The summed E-state index contributed by atoms with van der Waals surface area (Å²) < 4.78 is 10.6. The molecule has 0 aliphatic heterocycles. The van der Waals surface area contributed by atoms with Crippen LogP contribution in [-0.2, 0) is 14.3 Å². The summed E-state index contributed by atoms with van der Waals surface area (Å²) in [5.41, 5.74) is 0.510. The minimum absolute atomic E-state index is 0.261. The number of hydrogen-bond acceptors (Lipinski definition) is 4. The van der Waals surface area contributed by atoms with Crippen LogP contribution < -0.4 is 15.4 Å². The van der Waals surface area contributed by atoms with Gasteiger partial charge in [-0.3, -0.25) is 9.59 Å². The number of rotatable bonds is 8. The molecule has 0 saturated heterocycles. The Hall–Kier alpha value is -2.86. The summed E-state index contributed by atoms with van der Waals surface area (Å²) in [6.45, 7) is 0.775. The molecule has 2 amide bonds. The third-order valence-corrected chi connectivity index (χ3v) is 3.08. The average molecular weight is 328 g/mol. The first kappa shape index (κ1) is 17.5. The summed E-state index contributed by atoms with van der Waals surface area (Å²) in [4.78, 5) is 23.6. The topological polar surface area (TPSA) is 76.7 Å². The van der Waals surface area contributed by atoms with Crippen LogP contribution in [0.1, 0.15) is 6.42 Å². The third kappa shape index (κ3) is 5.73. The van der Waals surface area contributed by atoms with Gasteiger partial charge < -0.3 is 20.1 Å². The fourth-order valence-corrected chi connectivity index (χ4v) is 1.97. The zero-order valence-corrected chi connectivity index (χ0v) is 13.5. The molecule has 0 bridgehead atoms. The normalized spacial score (nSPS) is 10.0. The highest BCUT2D eigenvalue weighted by Gasteiger charge is 2.12. The summed E-state index contributed by atoms with van der Waals surface area (Å²) >= 11 is 0. The lowest BCUT2D eigenvalue weighted by Gasteiger charge is -2.12. The Morgan fingerprint density at radius 1 is 0.958 bits per heavy atom. The van der Waals surface area contributed by atoms with Gasteiger partial charge in [-0.05, 0) is 24.3 Å². The summed E-state index contributed by atoms with van der Waals surface area (Å²) in [6.07, 6.45) is -0.261. The maximum Gasteiger partial charge on any atom is 0.233 e. The average Bonchev–Trinajstić information content (AvgIpc) is 2.58. The largest absolute Gasteiger partial charge is 0.455 e. The van der Waals surface area contributed by atoms with Crippen molar-refractivity contribution in [3.63, 3.8) is 0 Å². The Bertz CT molecular complexity index is 674. The third-order valence-electron chi connectivity index (χ3n) is 3.08. The van der Waals surface area contributed by atoms with Crippen LogP contribution in [0.2, 0.25) is 0 Å². The number of anilines is 1. The highest BCUT2D eigenvalue weighted by atomic mass is 16.5. The van der Waals surface area contributed by atoms with Crippen molar-refractivity contribution in [2.45, 2.75) is 6.42 Å². The van der Waals surface area contributed by atoms with E-state index in [4.69, 9.17) is 9.47 Å². The Kier molecular flexibility index (Phi) is 6.79. The first-order valence-corrected chi connectivity index (χ1v) is 7.56. The molecule has 0 fully saturated rings. The summed E-state index contributed by atoms with van der Waals surface area (Å²) in [6, 6.07) is 16.3.